The maximum Gasteiger partial charge on any atom is 0.278 e. The number of H-pyrrole nitrogens is 1. The van der Waals surface area contributed by atoms with E-state index >= 15 is 0 Å². The molecule has 1 heterocycles. The smallest absolute Gasteiger partial charge is 0.258 e. The third-order valence-electron chi connectivity index (χ3n) is 1.87. The molecule has 17 heavy (non-hydrogen) atoms. The van der Waals surface area contributed by atoms with E-state index in [1.54, 1.807) is 18.2 Å². The van der Waals surface area contributed by atoms with Crippen LogP contribution in [-0.2, 0) is 0 Å². The largest absolute Gasteiger partial charge is 0.278 e. The first-order valence-corrected chi connectivity index (χ1v) is 5.72. The number of para-hydroxylation sites is 1. The Balaban J connectivity index is 2.33. The number of nitrogens with one attached hydrogen (secondary N) is 1. The van der Waals surface area contributed by atoms with Gasteiger partial charge in [0, 0.05) is 12.3 Å². The summed E-state index contributed by atoms with van der Waals surface area (Å²) in [6.07, 6.45) is 1.40. The molecule has 8 heteroatoms. The van der Waals surface area contributed by atoms with Crippen LogP contribution in [0.4, 0.5) is 10.8 Å². The molecule has 1 N–H and O–H groups in total. The second-order valence-corrected chi connectivity index (χ2v) is 4.61. The summed E-state index contributed by atoms with van der Waals surface area (Å²) in [5.41, 5.74) is 0.439. The zero-order chi connectivity index (χ0) is 12.3. The van der Waals surface area contributed by atoms with Gasteiger partial charge in [-0.25, -0.2) is 4.99 Å². The van der Waals surface area contributed by atoms with Crippen molar-refractivity contribution in [1.29, 1.82) is 0 Å². The lowest BCUT2D eigenvalue weighted by Crippen LogP contribution is -1.93. The summed E-state index contributed by atoms with van der Waals surface area (Å²) in [4.78, 5) is 14.3. The Hall–Kier alpha value is -1.93. The number of nitrogens with zero attached hydrogens (tertiary/aromatic N) is 3. The predicted molar refractivity (Wildman–Crippen MR) is 67.6 cm³/mol. The molecule has 1 aromatic heterocycles. The second kappa shape index (κ2) is 4.93. The quantitative estimate of drug-likeness (QED) is 0.400. The first-order valence-electron chi connectivity index (χ1n) is 4.50. The lowest BCUT2D eigenvalue weighted by atomic mass is 10.2. The van der Waals surface area contributed by atoms with Gasteiger partial charge in [0.15, 0.2) is 3.95 Å². The van der Waals surface area contributed by atoms with Gasteiger partial charge in [-0.15, -0.1) is 5.10 Å². The van der Waals surface area contributed by atoms with E-state index in [0.717, 1.165) is 0 Å². The van der Waals surface area contributed by atoms with Crippen LogP contribution >= 0.6 is 23.6 Å². The molecule has 0 saturated carbocycles. The molecule has 0 unspecified atom stereocenters. The molecule has 2 rings (SSSR count). The maximum absolute atomic E-state index is 10.7. The number of benzene rings is 1. The minimum Gasteiger partial charge on any atom is -0.258 e. The van der Waals surface area contributed by atoms with E-state index in [4.69, 9.17) is 12.2 Å². The van der Waals surface area contributed by atoms with Crippen molar-refractivity contribution in [3.8, 4) is 0 Å². The maximum atomic E-state index is 10.7. The van der Waals surface area contributed by atoms with Crippen LogP contribution in [-0.4, -0.2) is 21.3 Å². The molecule has 0 saturated heterocycles. The Kier molecular flexibility index (Phi) is 3.35. The van der Waals surface area contributed by atoms with Gasteiger partial charge in [-0.2, -0.15) is 0 Å². The fraction of sp³-hybridized carbons (Fsp3) is 0. The predicted octanol–water partition coefficient (Wildman–Crippen LogP) is 2.86. The van der Waals surface area contributed by atoms with Gasteiger partial charge in [0.2, 0.25) is 5.13 Å². The summed E-state index contributed by atoms with van der Waals surface area (Å²) in [7, 11) is 0. The van der Waals surface area contributed by atoms with E-state index in [1.807, 2.05) is 0 Å². The first-order chi connectivity index (χ1) is 8.16. The van der Waals surface area contributed by atoms with E-state index in [2.05, 4.69) is 15.2 Å². The molecule has 0 bridgehead atoms. The number of aromatic nitrogens is 2. The molecule has 0 radical (unpaired) electrons. The summed E-state index contributed by atoms with van der Waals surface area (Å²) in [5.74, 6) is 0. The molecule has 0 atom stereocenters. The third kappa shape index (κ3) is 2.80. The Bertz CT molecular complexity index is 632. The Morgan fingerprint density at radius 2 is 2.29 bits per heavy atom. The molecule has 0 spiro atoms. The van der Waals surface area contributed by atoms with Gasteiger partial charge in [0.25, 0.3) is 5.69 Å². The SMILES string of the molecule is O=[N+]([O-])c1ccccc1C=Nc1n[nH]c(=S)s1. The van der Waals surface area contributed by atoms with Crippen molar-refractivity contribution < 1.29 is 4.92 Å². The zero-order valence-corrected chi connectivity index (χ0v) is 9.99. The molecule has 0 aliphatic rings. The molecule has 0 aliphatic heterocycles. The van der Waals surface area contributed by atoms with Crippen LogP contribution in [0.1, 0.15) is 5.56 Å². The van der Waals surface area contributed by atoms with Crippen molar-refractivity contribution in [2.24, 2.45) is 4.99 Å². The Labute approximate surface area is 105 Å². The summed E-state index contributed by atoms with van der Waals surface area (Å²) >= 11 is 6.05. The molecule has 0 fully saturated rings. The molecule has 6 nitrogen and oxygen atoms in total. The van der Waals surface area contributed by atoms with Crippen LogP contribution in [0.15, 0.2) is 29.3 Å². The summed E-state index contributed by atoms with van der Waals surface area (Å²) in [5, 5.41) is 17.6. The van der Waals surface area contributed by atoms with E-state index in [1.165, 1.54) is 23.6 Å². The van der Waals surface area contributed by atoms with Gasteiger partial charge in [0.05, 0.1) is 10.5 Å². The second-order valence-electron chi connectivity index (χ2n) is 2.97. The van der Waals surface area contributed by atoms with Gasteiger partial charge >= 0.3 is 0 Å². The average molecular weight is 266 g/mol. The lowest BCUT2D eigenvalue weighted by molar-refractivity contribution is -0.385. The number of hydrogen-bond acceptors (Lipinski definition) is 6. The fourth-order valence-corrected chi connectivity index (χ4v) is 1.89. The molecular weight excluding hydrogens is 260 g/mol. The van der Waals surface area contributed by atoms with E-state index in [-0.39, 0.29) is 5.69 Å². The minimum atomic E-state index is -0.451. The van der Waals surface area contributed by atoms with Gasteiger partial charge in [-0.05, 0) is 18.3 Å². The highest BCUT2D eigenvalue weighted by atomic mass is 32.1. The minimum absolute atomic E-state index is 0.00961. The van der Waals surface area contributed by atoms with Crippen LogP contribution in [0.2, 0.25) is 0 Å². The number of aromatic amines is 1. The van der Waals surface area contributed by atoms with E-state index < -0.39 is 4.92 Å². The van der Waals surface area contributed by atoms with Crippen LogP contribution < -0.4 is 0 Å². The fourth-order valence-electron chi connectivity index (χ4n) is 1.16. The highest BCUT2D eigenvalue weighted by Gasteiger charge is 2.09. The highest BCUT2D eigenvalue weighted by molar-refractivity contribution is 7.73. The van der Waals surface area contributed by atoms with Crippen molar-refractivity contribution in [1.82, 2.24) is 10.2 Å². The van der Waals surface area contributed by atoms with Crippen molar-refractivity contribution in [2.75, 3.05) is 0 Å². The monoisotopic (exact) mass is 266 g/mol. The summed E-state index contributed by atoms with van der Waals surface area (Å²) in [6.45, 7) is 0. The van der Waals surface area contributed by atoms with Crippen molar-refractivity contribution in [2.45, 2.75) is 0 Å². The number of rotatable bonds is 3. The summed E-state index contributed by atoms with van der Waals surface area (Å²) < 4.78 is 0.514. The van der Waals surface area contributed by atoms with Crippen LogP contribution in [0.3, 0.4) is 0 Å². The number of nitro benzene ring substituents is 1. The molecule has 86 valence electrons. The van der Waals surface area contributed by atoms with E-state index in [9.17, 15) is 10.1 Å². The number of hydrogen-bond donors (Lipinski definition) is 1. The molecule has 1 aromatic carbocycles. The van der Waals surface area contributed by atoms with Crippen molar-refractivity contribution in [3.63, 3.8) is 0 Å². The standard InChI is InChI=1S/C9H6N4O2S2/c14-13(15)7-4-2-1-3-6(7)5-10-8-11-12-9(16)17-8/h1-5H,(H,12,16). The van der Waals surface area contributed by atoms with Gasteiger partial charge in [-0.1, -0.05) is 23.5 Å². The van der Waals surface area contributed by atoms with Gasteiger partial charge in [0.1, 0.15) is 0 Å². The van der Waals surface area contributed by atoms with E-state index in [0.29, 0.717) is 14.6 Å². The van der Waals surface area contributed by atoms with Crippen molar-refractivity contribution >= 4 is 40.6 Å². The highest BCUT2D eigenvalue weighted by Crippen LogP contribution is 2.18. The topological polar surface area (TPSA) is 84.2 Å². The lowest BCUT2D eigenvalue weighted by Gasteiger charge is -1.94. The van der Waals surface area contributed by atoms with Crippen molar-refractivity contribution in [3.05, 3.63) is 43.9 Å². The number of nitro groups is 1. The molecule has 2 aromatic rings. The van der Waals surface area contributed by atoms with Crippen LogP contribution in [0, 0.1) is 14.1 Å². The van der Waals surface area contributed by atoms with Crippen LogP contribution in [0.25, 0.3) is 0 Å². The molecular formula is C9H6N4O2S2. The van der Waals surface area contributed by atoms with Gasteiger partial charge in [-0.3, -0.25) is 15.2 Å². The first kappa shape index (κ1) is 11.6. The van der Waals surface area contributed by atoms with Crippen LogP contribution in [0.5, 0.6) is 0 Å². The zero-order valence-electron chi connectivity index (χ0n) is 8.36. The number of aliphatic imine (C=N–C) groups is 1. The molecule has 0 aliphatic carbocycles. The Morgan fingerprint density at radius 1 is 1.53 bits per heavy atom. The summed E-state index contributed by atoms with van der Waals surface area (Å²) in [6, 6.07) is 6.36. The average Bonchev–Trinajstić information content (AvgIpc) is 2.73. The van der Waals surface area contributed by atoms with Gasteiger partial charge < -0.3 is 0 Å². The Morgan fingerprint density at radius 3 is 2.94 bits per heavy atom. The normalized spacial score (nSPS) is 10.8. The molecule has 0 amide bonds. The third-order valence-corrected chi connectivity index (χ3v) is 2.87.